The van der Waals surface area contributed by atoms with E-state index in [0.29, 0.717) is 5.75 Å². The maximum atomic E-state index is 11.4. The van der Waals surface area contributed by atoms with Crippen molar-refractivity contribution in [2.45, 2.75) is 47.1 Å². The number of hydrogen-bond acceptors (Lipinski definition) is 3. The van der Waals surface area contributed by atoms with Crippen LogP contribution in [0.1, 0.15) is 41.0 Å². The third-order valence-electron chi connectivity index (χ3n) is 2.91. The molecule has 4 heteroatoms. The predicted molar refractivity (Wildman–Crippen MR) is 73.7 cm³/mol. The number of carboxylic acid groups (broad SMARTS) is 1. The number of aliphatic carboxylic acids is 1. The van der Waals surface area contributed by atoms with Gasteiger partial charge in [-0.15, -0.1) is 0 Å². The van der Waals surface area contributed by atoms with E-state index in [4.69, 9.17) is 4.74 Å². The van der Waals surface area contributed by atoms with Crippen LogP contribution in [-0.4, -0.2) is 12.1 Å². The summed E-state index contributed by atoms with van der Waals surface area (Å²) < 4.78 is 5.62. The Balaban J connectivity index is 0.00000361. The van der Waals surface area contributed by atoms with Gasteiger partial charge in [-0.3, -0.25) is 0 Å². The molecule has 1 aromatic rings. The molecule has 0 amide bonds. The van der Waals surface area contributed by atoms with Crippen LogP contribution in [0.25, 0.3) is 0 Å². The van der Waals surface area contributed by atoms with E-state index in [9.17, 15) is 9.90 Å². The quantitative estimate of drug-likeness (QED) is 0.695. The van der Waals surface area contributed by atoms with Gasteiger partial charge in [0.2, 0.25) is 0 Å². The van der Waals surface area contributed by atoms with Crippen LogP contribution in [-0.2, 0) is 4.79 Å². The second kappa shape index (κ2) is 7.48. The van der Waals surface area contributed by atoms with Gasteiger partial charge in [0.05, 0.1) is 5.97 Å². The zero-order valence-corrected chi connectivity index (χ0v) is 15.4. The molecule has 20 heavy (non-hydrogen) atoms. The molecule has 1 rings (SSSR count). The van der Waals surface area contributed by atoms with E-state index >= 15 is 0 Å². The zero-order valence-electron chi connectivity index (χ0n) is 13.4. The fourth-order valence-electron chi connectivity index (χ4n) is 2.62. The first kappa shape index (κ1) is 19.5. The van der Waals surface area contributed by atoms with Gasteiger partial charge in [-0.2, -0.15) is 0 Å². The van der Waals surface area contributed by atoms with Gasteiger partial charge in [0.25, 0.3) is 0 Å². The van der Waals surface area contributed by atoms with Gasteiger partial charge in [0.15, 0.2) is 0 Å². The van der Waals surface area contributed by atoms with E-state index in [-0.39, 0.29) is 35.0 Å². The first-order valence-electron chi connectivity index (χ1n) is 6.54. The van der Waals surface area contributed by atoms with Crippen molar-refractivity contribution in [3.8, 4) is 5.75 Å². The molecular formula is C16H23NaO3. The second-order valence-corrected chi connectivity index (χ2v) is 6.86. The van der Waals surface area contributed by atoms with Gasteiger partial charge in [0.1, 0.15) is 11.9 Å². The molecule has 0 fully saturated rings. The van der Waals surface area contributed by atoms with Gasteiger partial charge in [0, 0.05) is 5.41 Å². The molecule has 1 unspecified atom stereocenters. The fraction of sp³-hybridized carbons (Fsp3) is 0.562. The first-order chi connectivity index (χ1) is 8.62. The number of carbonyl (C=O) groups excluding carboxylic acids is 1. The number of benzene rings is 1. The molecule has 106 valence electrons. The first-order valence-corrected chi connectivity index (χ1v) is 6.54. The minimum absolute atomic E-state index is 0. The van der Waals surface area contributed by atoms with Crippen LogP contribution in [0.5, 0.6) is 5.75 Å². The van der Waals surface area contributed by atoms with Gasteiger partial charge in [-0.25, -0.2) is 0 Å². The van der Waals surface area contributed by atoms with Crippen LogP contribution in [0.3, 0.4) is 0 Å². The van der Waals surface area contributed by atoms with Crippen molar-refractivity contribution < 1.29 is 44.2 Å². The second-order valence-electron chi connectivity index (χ2n) is 6.86. The third kappa shape index (κ3) is 6.29. The summed E-state index contributed by atoms with van der Waals surface area (Å²) in [5.74, 6) is -0.614. The average Bonchev–Trinajstić information content (AvgIpc) is 2.23. The van der Waals surface area contributed by atoms with Crippen molar-refractivity contribution in [1.29, 1.82) is 0 Å². The van der Waals surface area contributed by atoms with E-state index < -0.39 is 17.5 Å². The normalized spacial score (nSPS) is 13.2. The number of carboxylic acids is 1. The molecule has 0 radical (unpaired) electrons. The molecule has 3 nitrogen and oxygen atoms in total. The maximum absolute atomic E-state index is 11.4. The number of carbonyl (C=O) groups is 1. The SMILES string of the molecule is CC(C)(C)CC(C)(C)C(Oc1ccccc1)C(=O)[O-].[Na+]. The summed E-state index contributed by atoms with van der Waals surface area (Å²) in [5, 5.41) is 11.4. The Morgan fingerprint density at radius 1 is 1.15 bits per heavy atom. The molecule has 0 heterocycles. The fourth-order valence-corrected chi connectivity index (χ4v) is 2.62. The summed E-state index contributed by atoms with van der Waals surface area (Å²) in [6.07, 6.45) is -0.236. The maximum Gasteiger partial charge on any atom is 1.00 e. The molecule has 0 bridgehead atoms. The molecule has 0 N–H and O–H groups in total. The molecule has 0 aromatic heterocycles. The van der Waals surface area contributed by atoms with E-state index in [1.54, 1.807) is 12.1 Å². The molecule has 0 spiro atoms. The number of para-hydroxylation sites is 1. The molecular weight excluding hydrogens is 263 g/mol. The number of rotatable bonds is 5. The molecule has 1 aromatic carbocycles. The van der Waals surface area contributed by atoms with Crippen LogP contribution >= 0.6 is 0 Å². The monoisotopic (exact) mass is 286 g/mol. The van der Waals surface area contributed by atoms with Gasteiger partial charge in [-0.05, 0) is 24.0 Å². The smallest absolute Gasteiger partial charge is 0.546 e. The van der Waals surface area contributed by atoms with Gasteiger partial charge < -0.3 is 14.6 Å². The molecule has 0 aliphatic carbocycles. The summed E-state index contributed by atoms with van der Waals surface area (Å²) in [6, 6.07) is 9.00. The van der Waals surface area contributed by atoms with E-state index in [1.807, 2.05) is 32.0 Å². The summed E-state index contributed by atoms with van der Waals surface area (Å²) in [4.78, 5) is 11.4. The summed E-state index contributed by atoms with van der Waals surface area (Å²) in [5.41, 5.74) is -0.482. The van der Waals surface area contributed by atoms with Crippen LogP contribution in [0.2, 0.25) is 0 Å². The van der Waals surface area contributed by atoms with Crippen molar-refractivity contribution in [3.05, 3.63) is 30.3 Å². The van der Waals surface area contributed by atoms with E-state index in [1.165, 1.54) is 0 Å². The Labute approximate surface area is 144 Å². The molecule has 0 saturated heterocycles. The topological polar surface area (TPSA) is 49.4 Å². The molecule has 0 aliphatic heterocycles. The van der Waals surface area contributed by atoms with Crippen LogP contribution in [0.15, 0.2) is 30.3 Å². The van der Waals surface area contributed by atoms with Gasteiger partial charge in [-0.1, -0.05) is 52.8 Å². The minimum atomic E-state index is -1.17. The molecule has 0 saturated carbocycles. The summed E-state index contributed by atoms with van der Waals surface area (Å²) >= 11 is 0. The van der Waals surface area contributed by atoms with Crippen LogP contribution in [0.4, 0.5) is 0 Å². The van der Waals surface area contributed by atoms with Crippen LogP contribution in [0, 0.1) is 10.8 Å². The number of hydrogen-bond donors (Lipinski definition) is 0. The minimum Gasteiger partial charge on any atom is -0.546 e. The zero-order chi connectivity index (χ0) is 14.7. The Bertz CT molecular complexity index is 421. The Hall–Kier alpha value is -0.510. The Morgan fingerprint density at radius 2 is 1.65 bits per heavy atom. The van der Waals surface area contributed by atoms with Crippen molar-refractivity contribution in [2.75, 3.05) is 0 Å². The van der Waals surface area contributed by atoms with E-state index in [2.05, 4.69) is 20.8 Å². The Morgan fingerprint density at radius 3 is 2.05 bits per heavy atom. The van der Waals surface area contributed by atoms with Crippen LogP contribution < -0.4 is 39.4 Å². The summed E-state index contributed by atoms with van der Waals surface area (Å²) in [6.45, 7) is 10.1. The average molecular weight is 286 g/mol. The predicted octanol–water partition coefficient (Wildman–Crippen LogP) is -0.350. The molecule has 1 atom stereocenters. The Kier molecular flexibility index (Phi) is 7.29. The van der Waals surface area contributed by atoms with E-state index in [0.717, 1.165) is 6.42 Å². The van der Waals surface area contributed by atoms with Crippen molar-refractivity contribution in [2.24, 2.45) is 10.8 Å². The standard InChI is InChI=1S/C16H24O3.Na/c1-15(2,3)11-16(4,5)13(14(17)18)19-12-9-7-6-8-10-12;/h6-10,13H,11H2,1-5H3,(H,17,18);/q;+1/p-1. The van der Waals surface area contributed by atoms with Gasteiger partial charge >= 0.3 is 29.6 Å². The largest absolute Gasteiger partial charge is 1.00 e. The summed E-state index contributed by atoms with van der Waals surface area (Å²) in [7, 11) is 0. The third-order valence-corrected chi connectivity index (χ3v) is 2.91. The molecule has 0 aliphatic rings. The van der Waals surface area contributed by atoms with Crippen molar-refractivity contribution in [1.82, 2.24) is 0 Å². The van der Waals surface area contributed by atoms with Crippen molar-refractivity contribution in [3.63, 3.8) is 0 Å². The number of ether oxygens (including phenoxy) is 1. The van der Waals surface area contributed by atoms with Crippen molar-refractivity contribution >= 4 is 5.97 Å².